The molecule has 2 rings (SSSR count). The lowest BCUT2D eigenvalue weighted by molar-refractivity contribution is 0.0600. The van der Waals surface area contributed by atoms with Crippen LogP contribution in [0.4, 0.5) is 0 Å². The molecule has 15 heavy (non-hydrogen) atoms. The molecule has 0 spiro atoms. The number of carbonyl (C=O) groups is 1. The first-order valence-electron chi connectivity index (χ1n) is 4.87. The number of hydrogen-bond donors (Lipinski definition) is 1. The number of aliphatic hydroxyl groups is 1. The summed E-state index contributed by atoms with van der Waals surface area (Å²) >= 11 is 0. The Hall–Kier alpha value is -1.42. The second kappa shape index (κ2) is 3.62. The molecule has 1 aliphatic carbocycles. The molecule has 0 aromatic carbocycles. The lowest BCUT2D eigenvalue weighted by Gasteiger charge is -2.10. The molecule has 1 aliphatic rings. The van der Waals surface area contributed by atoms with E-state index >= 15 is 0 Å². The Morgan fingerprint density at radius 3 is 2.73 bits per heavy atom. The Labute approximate surface area is 87.9 Å². The third kappa shape index (κ3) is 1.72. The van der Waals surface area contributed by atoms with E-state index in [9.17, 15) is 9.90 Å². The summed E-state index contributed by atoms with van der Waals surface area (Å²) in [4.78, 5) is 15.3. The Morgan fingerprint density at radius 1 is 1.60 bits per heavy atom. The molecule has 0 aliphatic heterocycles. The maximum absolute atomic E-state index is 11.1. The smallest absolute Gasteiger partial charge is 0.339 e. The molecular formula is C11H13NO3. The van der Waals surface area contributed by atoms with Gasteiger partial charge < -0.3 is 9.84 Å². The summed E-state index contributed by atoms with van der Waals surface area (Å²) in [6.45, 7) is 0.123. The zero-order valence-corrected chi connectivity index (χ0v) is 8.56. The first-order valence-corrected chi connectivity index (χ1v) is 4.87. The molecular weight excluding hydrogens is 194 g/mol. The van der Waals surface area contributed by atoms with Crippen molar-refractivity contribution in [1.82, 2.24) is 4.98 Å². The number of pyridine rings is 1. The molecule has 80 valence electrons. The fourth-order valence-corrected chi connectivity index (χ4v) is 1.59. The second-order valence-corrected chi connectivity index (χ2v) is 3.86. The van der Waals surface area contributed by atoms with Crippen molar-refractivity contribution < 1.29 is 14.6 Å². The van der Waals surface area contributed by atoms with Crippen molar-refractivity contribution in [3.63, 3.8) is 0 Å². The number of rotatable bonds is 3. The van der Waals surface area contributed by atoms with Gasteiger partial charge in [-0.3, -0.25) is 4.98 Å². The van der Waals surface area contributed by atoms with E-state index in [0.717, 1.165) is 18.5 Å². The number of ether oxygens (including phenoxy) is 1. The number of methoxy groups -OCH3 is 1. The van der Waals surface area contributed by atoms with Crippen molar-refractivity contribution in [3.05, 3.63) is 29.6 Å². The predicted octanol–water partition coefficient (Wildman–Crippen LogP) is 0.892. The number of aromatic nitrogens is 1. The minimum absolute atomic E-state index is 0.123. The Bertz CT molecular complexity index is 368. The zero-order valence-electron chi connectivity index (χ0n) is 8.56. The van der Waals surface area contributed by atoms with E-state index in [4.69, 9.17) is 0 Å². The lowest BCUT2D eigenvalue weighted by atomic mass is 10.0. The maximum atomic E-state index is 11.1. The van der Waals surface area contributed by atoms with Crippen molar-refractivity contribution in [1.29, 1.82) is 0 Å². The fraction of sp³-hybridized carbons (Fsp3) is 0.455. The van der Waals surface area contributed by atoms with Gasteiger partial charge >= 0.3 is 5.97 Å². The van der Waals surface area contributed by atoms with Crippen LogP contribution in [0.3, 0.4) is 0 Å². The van der Waals surface area contributed by atoms with E-state index in [0.29, 0.717) is 5.56 Å². The van der Waals surface area contributed by atoms with Crippen LogP contribution in [-0.2, 0) is 10.2 Å². The molecule has 1 fully saturated rings. The predicted molar refractivity (Wildman–Crippen MR) is 53.6 cm³/mol. The molecule has 0 radical (unpaired) electrons. The number of nitrogens with zero attached hydrogens (tertiary/aromatic N) is 1. The van der Waals surface area contributed by atoms with Gasteiger partial charge in [0.1, 0.15) is 0 Å². The highest BCUT2D eigenvalue weighted by Gasteiger charge is 2.44. The van der Waals surface area contributed by atoms with Gasteiger partial charge in [0.25, 0.3) is 0 Å². The average Bonchev–Trinajstić information content (AvgIpc) is 3.09. The van der Waals surface area contributed by atoms with Gasteiger partial charge in [0, 0.05) is 17.3 Å². The molecule has 1 aromatic heterocycles. The third-order valence-electron chi connectivity index (χ3n) is 2.88. The van der Waals surface area contributed by atoms with Gasteiger partial charge in [0.05, 0.1) is 19.3 Å². The number of esters is 1. The van der Waals surface area contributed by atoms with Gasteiger partial charge in [0.2, 0.25) is 0 Å². The summed E-state index contributed by atoms with van der Waals surface area (Å²) in [7, 11) is 1.34. The number of aliphatic hydroxyl groups excluding tert-OH is 1. The van der Waals surface area contributed by atoms with Crippen molar-refractivity contribution in [2.75, 3.05) is 13.7 Å². The van der Waals surface area contributed by atoms with E-state index in [1.807, 2.05) is 0 Å². The van der Waals surface area contributed by atoms with Crippen molar-refractivity contribution >= 4 is 5.97 Å². The molecule has 0 bridgehead atoms. The number of hydrogen-bond acceptors (Lipinski definition) is 4. The van der Waals surface area contributed by atoms with Gasteiger partial charge in [-0.25, -0.2) is 4.79 Å². The van der Waals surface area contributed by atoms with Crippen LogP contribution in [0.5, 0.6) is 0 Å². The van der Waals surface area contributed by atoms with Crippen molar-refractivity contribution in [3.8, 4) is 0 Å². The largest absolute Gasteiger partial charge is 0.465 e. The molecule has 0 unspecified atom stereocenters. The molecule has 0 atom stereocenters. The average molecular weight is 207 g/mol. The minimum Gasteiger partial charge on any atom is -0.465 e. The first kappa shape index (κ1) is 10.1. The normalized spacial score (nSPS) is 17.2. The Morgan fingerprint density at radius 2 is 2.33 bits per heavy atom. The highest BCUT2D eigenvalue weighted by molar-refractivity contribution is 5.88. The second-order valence-electron chi connectivity index (χ2n) is 3.86. The van der Waals surface area contributed by atoms with Gasteiger partial charge in [0.15, 0.2) is 0 Å². The summed E-state index contributed by atoms with van der Waals surface area (Å²) in [6, 6.07) is 3.47. The van der Waals surface area contributed by atoms with Crippen LogP contribution in [-0.4, -0.2) is 29.8 Å². The molecule has 1 aromatic rings. The fourth-order valence-electron chi connectivity index (χ4n) is 1.59. The third-order valence-corrected chi connectivity index (χ3v) is 2.88. The highest BCUT2D eigenvalue weighted by Crippen LogP contribution is 2.46. The summed E-state index contributed by atoms with van der Waals surface area (Å²) < 4.78 is 4.58. The van der Waals surface area contributed by atoms with E-state index < -0.39 is 0 Å². The minimum atomic E-state index is -0.386. The molecule has 0 saturated heterocycles. The topological polar surface area (TPSA) is 59.4 Å². The van der Waals surface area contributed by atoms with Crippen LogP contribution in [0.1, 0.15) is 28.9 Å². The Kier molecular flexibility index (Phi) is 2.44. The van der Waals surface area contributed by atoms with Gasteiger partial charge in [-0.15, -0.1) is 0 Å². The van der Waals surface area contributed by atoms with Crippen LogP contribution >= 0.6 is 0 Å². The van der Waals surface area contributed by atoms with Crippen LogP contribution < -0.4 is 0 Å². The zero-order chi connectivity index (χ0) is 10.9. The van der Waals surface area contributed by atoms with E-state index in [1.165, 1.54) is 13.3 Å². The Balaban J connectivity index is 2.21. The SMILES string of the molecule is COC(=O)c1ccc(C2(CO)CC2)nc1. The van der Waals surface area contributed by atoms with Crippen LogP contribution in [0.15, 0.2) is 18.3 Å². The van der Waals surface area contributed by atoms with Crippen molar-refractivity contribution in [2.45, 2.75) is 18.3 Å². The van der Waals surface area contributed by atoms with Gasteiger partial charge in [-0.05, 0) is 25.0 Å². The van der Waals surface area contributed by atoms with Gasteiger partial charge in [-0.2, -0.15) is 0 Å². The summed E-state index contributed by atoms with van der Waals surface area (Å²) in [6.07, 6.45) is 3.43. The van der Waals surface area contributed by atoms with Crippen LogP contribution in [0.25, 0.3) is 0 Å². The molecule has 0 amide bonds. The molecule has 1 N–H and O–H groups in total. The summed E-state index contributed by atoms with van der Waals surface area (Å²) in [5, 5.41) is 9.20. The molecule has 1 saturated carbocycles. The first-order chi connectivity index (χ1) is 7.22. The van der Waals surface area contributed by atoms with Crippen molar-refractivity contribution in [2.24, 2.45) is 0 Å². The highest BCUT2D eigenvalue weighted by atomic mass is 16.5. The molecule has 4 heteroatoms. The summed E-state index contributed by atoms with van der Waals surface area (Å²) in [5.74, 6) is -0.386. The summed E-state index contributed by atoms with van der Waals surface area (Å²) in [5.41, 5.74) is 1.15. The maximum Gasteiger partial charge on any atom is 0.339 e. The quantitative estimate of drug-likeness (QED) is 0.748. The van der Waals surface area contributed by atoms with Gasteiger partial charge in [-0.1, -0.05) is 0 Å². The molecule has 4 nitrogen and oxygen atoms in total. The molecule has 1 heterocycles. The standard InChI is InChI=1S/C11H13NO3/c1-15-10(14)8-2-3-9(12-6-8)11(7-13)4-5-11/h2-3,6,13H,4-5,7H2,1H3. The van der Waals surface area contributed by atoms with E-state index in [2.05, 4.69) is 9.72 Å². The monoisotopic (exact) mass is 207 g/mol. The van der Waals surface area contributed by atoms with E-state index in [1.54, 1.807) is 12.1 Å². The number of carbonyl (C=O) groups excluding carboxylic acids is 1. The van der Waals surface area contributed by atoms with E-state index in [-0.39, 0.29) is 18.0 Å². The lowest BCUT2D eigenvalue weighted by Crippen LogP contribution is -2.14. The van der Waals surface area contributed by atoms with Crippen LogP contribution in [0.2, 0.25) is 0 Å². The van der Waals surface area contributed by atoms with Crippen LogP contribution in [0, 0.1) is 0 Å².